The van der Waals surface area contributed by atoms with Crippen LogP contribution in [0.15, 0.2) is 71.6 Å². The maximum Gasteiger partial charge on any atom is 0.338 e. The van der Waals surface area contributed by atoms with E-state index in [9.17, 15) is 24.1 Å². The zero-order valence-electron chi connectivity index (χ0n) is 21.0. The first kappa shape index (κ1) is 27.1. The Bertz CT molecular complexity index is 1330. The molecule has 3 aromatic rings. The second-order valence-corrected chi connectivity index (χ2v) is 10.0. The van der Waals surface area contributed by atoms with Crippen molar-refractivity contribution in [1.29, 1.82) is 0 Å². The molecule has 1 aliphatic heterocycles. The normalized spacial score (nSPS) is 17.1. The molecule has 38 heavy (non-hydrogen) atoms. The molecule has 3 aromatic carbocycles. The molecular formula is C27H26FN3O6S. The van der Waals surface area contributed by atoms with Crippen molar-refractivity contribution in [3.8, 4) is 5.75 Å². The van der Waals surface area contributed by atoms with E-state index in [1.54, 1.807) is 30.3 Å². The second kappa shape index (κ2) is 11.6. The summed E-state index contributed by atoms with van der Waals surface area (Å²) in [5, 5.41) is 10.3. The minimum atomic E-state index is -1.27. The van der Waals surface area contributed by atoms with Gasteiger partial charge in [0.2, 0.25) is 0 Å². The number of nitrogens with zero attached hydrogens (tertiary/aromatic N) is 3. The summed E-state index contributed by atoms with van der Waals surface area (Å²) < 4.78 is 25.4. The van der Waals surface area contributed by atoms with Crippen LogP contribution in [0.3, 0.4) is 0 Å². The fraction of sp³-hybridized carbons (Fsp3) is 0.259. The molecule has 0 saturated carbocycles. The monoisotopic (exact) mass is 539 g/mol. The van der Waals surface area contributed by atoms with Crippen molar-refractivity contribution in [3.05, 3.63) is 93.8 Å². The molecule has 0 aliphatic carbocycles. The molecule has 1 amide bonds. The molecule has 0 radical (unpaired) electrons. The van der Waals surface area contributed by atoms with Gasteiger partial charge in [0.25, 0.3) is 11.6 Å². The lowest BCUT2D eigenvalue weighted by Crippen LogP contribution is -2.45. The summed E-state index contributed by atoms with van der Waals surface area (Å²) in [6.07, 6.45) is -1.27. The summed E-state index contributed by atoms with van der Waals surface area (Å²) in [5.74, 6) is -1.11. The highest BCUT2D eigenvalue weighted by atomic mass is 32.2. The van der Waals surface area contributed by atoms with Crippen molar-refractivity contribution in [3.63, 3.8) is 0 Å². The number of amides is 1. The molecule has 0 fully saturated rings. The zero-order valence-corrected chi connectivity index (χ0v) is 21.8. The first-order valence-electron chi connectivity index (χ1n) is 11.7. The van der Waals surface area contributed by atoms with Crippen LogP contribution in [0.4, 0.5) is 15.8 Å². The number of nitro benzene ring substituents is 1. The zero-order chi connectivity index (χ0) is 27.4. The summed E-state index contributed by atoms with van der Waals surface area (Å²) in [6, 6.07) is 16.2. The number of fused-ring (bicyclic) bond motifs is 1. The lowest BCUT2D eigenvalue weighted by molar-refractivity contribution is -0.384. The van der Waals surface area contributed by atoms with Crippen molar-refractivity contribution in [1.82, 2.24) is 4.90 Å². The van der Waals surface area contributed by atoms with Crippen LogP contribution < -0.4 is 9.64 Å². The summed E-state index contributed by atoms with van der Waals surface area (Å²) >= 11 is 1.23. The number of carbonyl (C=O) groups excluding carboxylic acids is 2. The molecule has 0 spiro atoms. The van der Waals surface area contributed by atoms with E-state index in [1.807, 2.05) is 19.0 Å². The minimum Gasteiger partial charge on any atom is -0.497 e. The second-order valence-electron chi connectivity index (χ2n) is 8.85. The largest absolute Gasteiger partial charge is 0.497 e. The van der Waals surface area contributed by atoms with Crippen LogP contribution in [-0.4, -0.2) is 62.1 Å². The number of methoxy groups -OCH3 is 1. The van der Waals surface area contributed by atoms with Gasteiger partial charge in [0.15, 0.2) is 6.10 Å². The maximum absolute atomic E-state index is 14.3. The number of non-ortho nitro benzene ring substituents is 1. The van der Waals surface area contributed by atoms with E-state index >= 15 is 0 Å². The molecule has 1 heterocycles. The van der Waals surface area contributed by atoms with Gasteiger partial charge in [-0.05, 0) is 62.1 Å². The smallest absolute Gasteiger partial charge is 0.338 e. The van der Waals surface area contributed by atoms with Gasteiger partial charge in [-0.15, -0.1) is 11.8 Å². The molecular weight excluding hydrogens is 513 g/mol. The highest BCUT2D eigenvalue weighted by Gasteiger charge is 2.41. The first-order valence-corrected chi connectivity index (χ1v) is 12.6. The summed E-state index contributed by atoms with van der Waals surface area (Å²) in [4.78, 5) is 41.6. The van der Waals surface area contributed by atoms with Gasteiger partial charge < -0.3 is 19.3 Å². The van der Waals surface area contributed by atoms with Crippen molar-refractivity contribution in [2.75, 3.05) is 39.2 Å². The van der Waals surface area contributed by atoms with E-state index in [4.69, 9.17) is 9.47 Å². The SMILES string of the molecule is COc1ccc([C@@H]2Sc3cc(F)ccc3N(CCN(C)C)C(=O)C2OC(=O)c2ccc([N+](=O)[O-])cc2)cc1. The van der Waals surface area contributed by atoms with E-state index in [0.717, 1.165) is 0 Å². The molecule has 11 heteroatoms. The number of carbonyl (C=O) groups is 2. The van der Waals surface area contributed by atoms with Crippen molar-refractivity contribution in [2.24, 2.45) is 0 Å². The van der Waals surface area contributed by atoms with Gasteiger partial charge in [0, 0.05) is 30.1 Å². The van der Waals surface area contributed by atoms with Gasteiger partial charge in [-0.1, -0.05) is 12.1 Å². The topological polar surface area (TPSA) is 102 Å². The Morgan fingerprint density at radius 2 is 1.79 bits per heavy atom. The van der Waals surface area contributed by atoms with Crippen LogP contribution in [0.1, 0.15) is 21.2 Å². The van der Waals surface area contributed by atoms with Gasteiger partial charge in [0.05, 0.1) is 28.5 Å². The number of anilines is 1. The standard InChI is InChI=1S/C27H26FN3O6S/c1-29(2)14-15-30-22-13-8-19(28)16-23(22)38-25(17-6-11-21(36-3)12-7-17)24(26(30)32)37-27(33)18-4-9-20(10-5-18)31(34)35/h4-13,16,24-25H,14-15H2,1-3H3/t24?,25-/m0/s1. The lowest BCUT2D eigenvalue weighted by Gasteiger charge is -2.28. The third kappa shape index (κ3) is 5.95. The van der Waals surface area contributed by atoms with Crippen LogP contribution in [0.5, 0.6) is 5.75 Å². The summed E-state index contributed by atoms with van der Waals surface area (Å²) in [6.45, 7) is 0.801. The van der Waals surface area contributed by atoms with Gasteiger partial charge in [-0.2, -0.15) is 0 Å². The highest BCUT2D eigenvalue weighted by molar-refractivity contribution is 7.99. The third-order valence-electron chi connectivity index (χ3n) is 6.01. The van der Waals surface area contributed by atoms with E-state index in [0.29, 0.717) is 28.4 Å². The number of hydrogen-bond donors (Lipinski definition) is 0. The Balaban J connectivity index is 1.77. The third-order valence-corrected chi connectivity index (χ3v) is 7.37. The fourth-order valence-corrected chi connectivity index (χ4v) is 5.33. The van der Waals surface area contributed by atoms with Crippen molar-refractivity contribution >= 4 is 35.0 Å². The quantitative estimate of drug-likeness (QED) is 0.230. The van der Waals surface area contributed by atoms with Gasteiger partial charge in [-0.25, -0.2) is 9.18 Å². The molecule has 0 aromatic heterocycles. The fourth-order valence-electron chi connectivity index (χ4n) is 3.99. The average molecular weight is 540 g/mol. The van der Waals surface area contributed by atoms with Crippen molar-refractivity contribution < 1.29 is 28.4 Å². The first-order chi connectivity index (χ1) is 18.2. The number of rotatable bonds is 8. The lowest BCUT2D eigenvalue weighted by atomic mass is 10.0. The van der Waals surface area contributed by atoms with Gasteiger partial charge >= 0.3 is 5.97 Å². The number of hydrogen-bond acceptors (Lipinski definition) is 8. The Hall–Kier alpha value is -3.96. The Morgan fingerprint density at radius 3 is 2.39 bits per heavy atom. The summed E-state index contributed by atoms with van der Waals surface area (Å²) in [7, 11) is 5.28. The van der Waals surface area contributed by atoms with Crippen LogP contribution in [0, 0.1) is 15.9 Å². The Morgan fingerprint density at radius 1 is 1.11 bits per heavy atom. The number of ether oxygens (including phenoxy) is 2. The predicted molar refractivity (Wildman–Crippen MR) is 141 cm³/mol. The maximum atomic E-state index is 14.3. The molecule has 198 valence electrons. The number of benzene rings is 3. The molecule has 0 N–H and O–H groups in total. The molecule has 9 nitrogen and oxygen atoms in total. The molecule has 1 unspecified atom stereocenters. The number of esters is 1. The average Bonchev–Trinajstić information content (AvgIpc) is 3.01. The van der Waals surface area contributed by atoms with Gasteiger partial charge in [-0.3, -0.25) is 14.9 Å². The number of halogens is 1. The number of likely N-dealkylation sites (N-methyl/N-ethyl adjacent to an activating group) is 1. The van der Waals surface area contributed by atoms with Crippen LogP contribution >= 0.6 is 11.8 Å². The van der Waals surface area contributed by atoms with Crippen LogP contribution in [-0.2, 0) is 9.53 Å². The number of thioether (sulfide) groups is 1. The van der Waals surface area contributed by atoms with Crippen molar-refractivity contribution in [2.45, 2.75) is 16.2 Å². The molecule has 2 atom stereocenters. The van der Waals surface area contributed by atoms with E-state index in [-0.39, 0.29) is 17.8 Å². The Kier molecular flexibility index (Phi) is 8.28. The molecule has 1 aliphatic rings. The van der Waals surface area contributed by atoms with E-state index in [2.05, 4.69) is 0 Å². The Labute approximate surface area is 223 Å². The molecule has 0 saturated heterocycles. The van der Waals surface area contributed by atoms with E-state index < -0.39 is 34.0 Å². The molecule has 0 bridgehead atoms. The van der Waals surface area contributed by atoms with Crippen LogP contribution in [0.25, 0.3) is 0 Å². The highest BCUT2D eigenvalue weighted by Crippen LogP contribution is 2.47. The number of nitro groups is 1. The summed E-state index contributed by atoms with van der Waals surface area (Å²) in [5.41, 5.74) is 1.09. The van der Waals surface area contributed by atoms with Crippen LogP contribution in [0.2, 0.25) is 0 Å². The predicted octanol–water partition coefficient (Wildman–Crippen LogP) is 4.71. The van der Waals surface area contributed by atoms with E-state index in [1.165, 1.54) is 60.2 Å². The molecule has 4 rings (SSSR count). The van der Waals surface area contributed by atoms with Gasteiger partial charge in [0.1, 0.15) is 11.6 Å². The minimum absolute atomic E-state index is 0.0644.